The lowest BCUT2D eigenvalue weighted by Gasteiger charge is -2.10. The smallest absolute Gasteiger partial charge is 0.153 e. The van der Waals surface area contributed by atoms with Crippen molar-refractivity contribution in [1.82, 2.24) is 4.98 Å². The Labute approximate surface area is 88.5 Å². The van der Waals surface area contributed by atoms with Gasteiger partial charge in [0.25, 0.3) is 0 Å². The first-order chi connectivity index (χ1) is 7.27. The Kier molecular flexibility index (Phi) is 2.54. The van der Waals surface area contributed by atoms with Crippen molar-refractivity contribution in [3.05, 3.63) is 48.3 Å². The summed E-state index contributed by atoms with van der Waals surface area (Å²) in [4.78, 5) is 3.92. The highest BCUT2D eigenvalue weighted by molar-refractivity contribution is 5.57. The molecule has 0 aliphatic carbocycles. The van der Waals surface area contributed by atoms with Crippen LogP contribution >= 0.6 is 0 Å². The highest BCUT2D eigenvalue weighted by Crippen LogP contribution is 2.30. The van der Waals surface area contributed by atoms with Crippen LogP contribution in [0.15, 0.2) is 42.7 Å². The van der Waals surface area contributed by atoms with Gasteiger partial charge in [0.15, 0.2) is 5.75 Å². The van der Waals surface area contributed by atoms with Gasteiger partial charge < -0.3 is 10.5 Å². The summed E-state index contributed by atoms with van der Waals surface area (Å²) in [6.07, 6.45) is 3.37. The minimum Gasteiger partial charge on any atom is -0.455 e. The molecule has 2 rings (SSSR count). The monoisotopic (exact) mass is 200 g/mol. The van der Waals surface area contributed by atoms with Crippen LogP contribution in [0, 0.1) is 6.92 Å². The molecule has 0 saturated carbocycles. The summed E-state index contributed by atoms with van der Waals surface area (Å²) < 4.78 is 5.67. The summed E-state index contributed by atoms with van der Waals surface area (Å²) in [5, 5.41) is 0. The molecule has 0 spiro atoms. The van der Waals surface area contributed by atoms with E-state index in [9.17, 15) is 0 Å². The maximum absolute atomic E-state index is 5.83. The Balaban J connectivity index is 2.32. The normalized spacial score (nSPS) is 9.93. The van der Waals surface area contributed by atoms with Gasteiger partial charge in [-0.3, -0.25) is 4.98 Å². The molecule has 3 nitrogen and oxygen atoms in total. The molecule has 0 radical (unpaired) electrons. The highest BCUT2D eigenvalue weighted by Gasteiger charge is 2.04. The van der Waals surface area contributed by atoms with Gasteiger partial charge in [0, 0.05) is 12.4 Å². The number of para-hydroxylation sites is 1. The van der Waals surface area contributed by atoms with E-state index >= 15 is 0 Å². The average Bonchev–Trinajstić information content (AvgIpc) is 2.25. The number of aromatic nitrogens is 1. The Morgan fingerprint density at radius 3 is 2.53 bits per heavy atom. The number of hydrogen-bond acceptors (Lipinski definition) is 3. The van der Waals surface area contributed by atoms with Crippen LogP contribution in [0.4, 0.5) is 5.69 Å². The van der Waals surface area contributed by atoms with E-state index in [1.54, 1.807) is 24.5 Å². The quantitative estimate of drug-likeness (QED) is 0.758. The zero-order chi connectivity index (χ0) is 10.7. The molecule has 0 aliphatic rings. The Bertz CT molecular complexity index is 434. The minimum absolute atomic E-state index is 0.645. The molecule has 2 aromatic rings. The summed E-state index contributed by atoms with van der Waals surface area (Å²) in [5.41, 5.74) is 7.49. The van der Waals surface area contributed by atoms with Crippen LogP contribution in [-0.2, 0) is 0 Å². The largest absolute Gasteiger partial charge is 0.455 e. The predicted molar refractivity (Wildman–Crippen MR) is 59.9 cm³/mol. The van der Waals surface area contributed by atoms with Crippen molar-refractivity contribution < 1.29 is 4.74 Å². The fourth-order valence-corrected chi connectivity index (χ4v) is 1.34. The molecule has 0 saturated heterocycles. The first-order valence-corrected chi connectivity index (χ1v) is 4.70. The Morgan fingerprint density at radius 1 is 1.13 bits per heavy atom. The lowest BCUT2D eigenvalue weighted by molar-refractivity contribution is 0.480. The molecule has 1 aromatic heterocycles. The van der Waals surface area contributed by atoms with Crippen molar-refractivity contribution in [2.45, 2.75) is 6.92 Å². The standard InChI is InChI=1S/C12H12N2O/c1-9-3-2-4-11(13)12(9)15-10-5-7-14-8-6-10/h2-8H,13H2,1H3. The third kappa shape index (κ3) is 2.07. The lowest BCUT2D eigenvalue weighted by atomic mass is 10.2. The molecule has 76 valence electrons. The van der Waals surface area contributed by atoms with Crippen molar-refractivity contribution in [2.75, 3.05) is 5.73 Å². The van der Waals surface area contributed by atoms with Gasteiger partial charge in [-0.15, -0.1) is 0 Å². The van der Waals surface area contributed by atoms with E-state index in [1.165, 1.54) is 0 Å². The van der Waals surface area contributed by atoms with Crippen LogP contribution in [0.2, 0.25) is 0 Å². The zero-order valence-corrected chi connectivity index (χ0v) is 8.47. The molecular formula is C12H12N2O. The zero-order valence-electron chi connectivity index (χ0n) is 8.47. The molecule has 15 heavy (non-hydrogen) atoms. The van der Waals surface area contributed by atoms with Gasteiger partial charge in [-0.2, -0.15) is 0 Å². The summed E-state index contributed by atoms with van der Waals surface area (Å²) in [5.74, 6) is 1.45. The van der Waals surface area contributed by atoms with E-state index in [2.05, 4.69) is 4.98 Å². The highest BCUT2D eigenvalue weighted by atomic mass is 16.5. The molecule has 1 aromatic carbocycles. The van der Waals surface area contributed by atoms with Gasteiger partial charge in [-0.1, -0.05) is 12.1 Å². The van der Waals surface area contributed by atoms with Crippen LogP contribution in [0.3, 0.4) is 0 Å². The first kappa shape index (κ1) is 9.52. The second-order valence-corrected chi connectivity index (χ2v) is 3.28. The molecule has 0 bridgehead atoms. The summed E-state index contributed by atoms with van der Waals surface area (Å²) in [6.45, 7) is 1.97. The third-order valence-corrected chi connectivity index (χ3v) is 2.11. The van der Waals surface area contributed by atoms with Crippen LogP contribution < -0.4 is 10.5 Å². The molecule has 0 atom stereocenters. The van der Waals surface area contributed by atoms with E-state index in [1.807, 2.05) is 25.1 Å². The first-order valence-electron chi connectivity index (χ1n) is 4.70. The molecule has 0 fully saturated rings. The number of nitrogen functional groups attached to an aromatic ring is 1. The molecule has 1 heterocycles. The maximum atomic E-state index is 5.83. The summed E-state index contributed by atoms with van der Waals surface area (Å²) >= 11 is 0. The average molecular weight is 200 g/mol. The SMILES string of the molecule is Cc1cccc(N)c1Oc1ccncc1. The number of benzene rings is 1. The topological polar surface area (TPSA) is 48.1 Å². The Morgan fingerprint density at radius 2 is 1.87 bits per heavy atom. The van der Waals surface area contributed by atoms with E-state index in [0.717, 1.165) is 11.3 Å². The fourth-order valence-electron chi connectivity index (χ4n) is 1.34. The molecule has 0 amide bonds. The van der Waals surface area contributed by atoms with Crippen LogP contribution in [0.5, 0.6) is 11.5 Å². The molecule has 0 unspecified atom stereocenters. The summed E-state index contributed by atoms with van der Waals surface area (Å²) in [7, 11) is 0. The van der Waals surface area contributed by atoms with Crippen molar-refractivity contribution in [1.29, 1.82) is 0 Å². The summed E-state index contributed by atoms with van der Waals surface area (Å²) in [6, 6.07) is 9.29. The van der Waals surface area contributed by atoms with Gasteiger partial charge in [-0.25, -0.2) is 0 Å². The van der Waals surface area contributed by atoms with Crippen LogP contribution in [-0.4, -0.2) is 4.98 Å². The van der Waals surface area contributed by atoms with Crippen molar-refractivity contribution in [3.63, 3.8) is 0 Å². The molecule has 2 N–H and O–H groups in total. The predicted octanol–water partition coefficient (Wildman–Crippen LogP) is 2.76. The Hall–Kier alpha value is -2.03. The van der Waals surface area contributed by atoms with Crippen LogP contribution in [0.25, 0.3) is 0 Å². The molecule has 3 heteroatoms. The fraction of sp³-hybridized carbons (Fsp3) is 0.0833. The number of aryl methyl sites for hydroxylation is 1. The van der Waals surface area contributed by atoms with E-state index < -0.39 is 0 Å². The van der Waals surface area contributed by atoms with E-state index in [4.69, 9.17) is 10.5 Å². The number of pyridine rings is 1. The number of nitrogens with two attached hydrogens (primary N) is 1. The minimum atomic E-state index is 0.645. The third-order valence-electron chi connectivity index (χ3n) is 2.11. The van der Waals surface area contributed by atoms with Crippen molar-refractivity contribution in [2.24, 2.45) is 0 Å². The van der Waals surface area contributed by atoms with Gasteiger partial charge in [-0.05, 0) is 30.7 Å². The second kappa shape index (κ2) is 4.00. The van der Waals surface area contributed by atoms with Gasteiger partial charge in [0.1, 0.15) is 5.75 Å². The maximum Gasteiger partial charge on any atom is 0.153 e. The van der Waals surface area contributed by atoms with Gasteiger partial charge >= 0.3 is 0 Å². The van der Waals surface area contributed by atoms with E-state index in [-0.39, 0.29) is 0 Å². The van der Waals surface area contributed by atoms with Crippen molar-refractivity contribution in [3.8, 4) is 11.5 Å². The van der Waals surface area contributed by atoms with Gasteiger partial charge in [0.05, 0.1) is 5.69 Å². The number of hydrogen-bond donors (Lipinski definition) is 1. The number of rotatable bonds is 2. The number of anilines is 1. The van der Waals surface area contributed by atoms with Crippen molar-refractivity contribution >= 4 is 5.69 Å². The molecular weight excluding hydrogens is 188 g/mol. The van der Waals surface area contributed by atoms with E-state index in [0.29, 0.717) is 11.4 Å². The lowest BCUT2D eigenvalue weighted by Crippen LogP contribution is -1.94. The number of nitrogens with zero attached hydrogens (tertiary/aromatic N) is 1. The second-order valence-electron chi connectivity index (χ2n) is 3.28. The van der Waals surface area contributed by atoms with Gasteiger partial charge in [0.2, 0.25) is 0 Å². The molecule has 0 aliphatic heterocycles. The van der Waals surface area contributed by atoms with Crippen LogP contribution in [0.1, 0.15) is 5.56 Å². The number of ether oxygens (including phenoxy) is 1.